The standard InChI is InChI=1S/C18H19BrN2O/c1-13(21-11-5-10-18(19,12-21)17(20)22)15-9-4-7-14-6-2-3-8-16(14)15/h2-4,6-9,12-13H,5,10-11H2,1H3,(H-,20,22)/p+1/t13-,18?/m1/s1. The number of carbonyl (C=O) groups is 1. The highest BCUT2D eigenvalue weighted by molar-refractivity contribution is 9.10. The summed E-state index contributed by atoms with van der Waals surface area (Å²) in [5.41, 5.74) is 6.82. The van der Waals surface area contributed by atoms with Gasteiger partial charge in [-0.05, 0) is 17.2 Å². The Labute approximate surface area is 139 Å². The fraction of sp³-hybridized carbons (Fsp3) is 0.333. The zero-order chi connectivity index (χ0) is 15.7. The molecule has 0 aliphatic carbocycles. The second-order valence-electron chi connectivity index (χ2n) is 5.94. The Bertz CT molecular complexity index is 750. The molecule has 2 atom stereocenters. The predicted octanol–water partition coefficient (Wildman–Crippen LogP) is 3.40. The van der Waals surface area contributed by atoms with Gasteiger partial charge in [-0.2, -0.15) is 0 Å². The molecule has 1 heterocycles. The predicted molar refractivity (Wildman–Crippen MR) is 93.6 cm³/mol. The second kappa shape index (κ2) is 5.84. The SMILES string of the molecule is C[C@H](c1cccc2ccccc12)[N+]1=CC(Br)(C(N)=O)CCC1. The lowest BCUT2D eigenvalue weighted by molar-refractivity contribution is -0.569. The summed E-state index contributed by atoms with van der Waals surface area (Å²) in [7, 11) is 0. The van der Waals surface area contributed by atoms with Crippen molar-refractivity contribution in [2.75, 3.05) is 6.54 Å². The van der Waals surface area contributed by atoms with Crippen molar-refractivity contribution in [1.29, 1.82) is 0 Å². The van der Waals surface area contributed by atoms with Gasteiger partial charge in [0.2, 0.25) is 5.91 Å². The molecular weight excluding hydrogens is 340 g/mol. The lowest BCUT2D eigenvalue weighted by atomic mass is 9.96. The fourth-order valence-corrected chi connectivity index (χ4v) is 3.74. The summed E-state index contributed by atoms with van der Waals surface area (Å²) in [5, 5.41) is 2.50. The Hall–Kier alpha value is -1.68. The number of hydrogen-bond donors (Lipinski definition) is 1. The highest BCUT2D eigenvalue weighted by atomic mass is 79.9. The number of nitrogens with zero attached hydrogens (tertiary/aromatic N) is 1. The van der Waals surface area contributed by atoms with Gasteiger partial charge in [0.05, 0.1) is 0 Å². The van der Waals surface area contributed by atoms with Gasteiger partial charge in [0.1, 0.15) is 6.54 Å². The van der Waals surface area contributed by atoms with E-state index in [2.05, 4.69) is 69.9 Å². The van der Waals surface area contributed by atoms with E-state index in [9.17, 15) is 4.79 Å². The van der Waals surface area contributed by atoms with Crippen molar-refractivity contribution >= 4 is 38.8 Å². The molecule has 0 radical (unpaired) electrons. The lowest BCUT2D eigenvalue weighted by Crippen LogP contribution is -2.46. The molecule has 22 heavy (non-hydrogen) atoms. The van der Waals surface area contributed by atoms with Gasteiger partial charge in [-0.15, -0.1) is 0 Å². The minimum atomic E-state index is -0.718. The molecule has 0 spiro atoms. The number of benzene rings is 2. The third-order valence-corrected chi connectivity index (χ3v) is 5.50. The first kappa shape index (κ1) is 15.2. The van der Waals surface area contributed by atoms with E-state index < -0.39 is 4.32 Å². The van der Waals surface area contributed by atoms with Crippen molar-refractivity contribution in [3.63, 3.8) is 0 Å². The first-order valence-electron chi connectivity index (χ1n) is 7.59. The maximum absolute atomic E-state index is 11.7. The van der Waals surface area contributed by atoms with E-state index in [4.69, 9.17) is 5.73 Å². The summed E-state index contributed by atoms with van der Waals surface area (Å²) in [6, 6.07) is 15.0. The number of nitrogens with two attached hydrogens (primary N) is 1. The Morgan fingerprint density at radius 2 is 2.00 bits per heavy atom. The number of fused-ring (bicyclic) bond motifs is 1. The smallest absolute Gasteiger partial charge is 0.244 e. The highest BCUT2D eigenvalue weighted by Crippen LogP contribution is 2.31. The van der Waals surface area contributed by atoms with Crippen LogP contribution in [0, 0.1) is 0 Å². The van der Waals surface area contributed by atoms with E-state index in [1.807, 2.05) is 6.21 Å². The van der Waals surface area contributed by atoms with Gasteiger partial charge in [-0.1, -0.05) is 58.4 Å². The second-order valence-corrected chi connectivity index (χ2v) is 7.36. The lowest BCUT2D eigenvalue weighted by Gasteiger charge is -2.25. The maximum atomic E-state index is 11.7. The van der Waals surface area contributed by atoms with Crippen LogP contribution < -0.4 is 5.73 Å². The van der Waals surface area contributed by atoms with Crippen molar-refractivity contribution in [1.82, 2.24) is 0 Å². The molecule has 2 N–H and O–H groups in total. The third-order valence-electron chi connectivity index (χ3n) is 4.51. The first-order valence-corrected chi connectivity index (χ1v) is 8.39. The fourth-order valence-electron chi connectivity index (χ4n) is 3.20. The first-order chi connectivity index (χ1) is 10.5. The number of primary amides is 1. The van der Waals surface area contributed by atoms with Crippen molar-refractivity contribution in [3.05, 3.63) is 48.0 Å². The molecule has 2 aromatic rings. The molecule has 0 saturated heterocycles. The zero-order valence-electron chi connectivity index (χ0n) is 12.6. The topological polar surface area (TPSA) is 46.1 Å². The summed E-state index contributed by atoms with van der Waals surface area (Å²) < 4.78 is 1.51. The van der Waals surface area contributed by atoms with E-state index >= 15 is 0 Å². The minimum Gasteiger partial charge on any atom is -0.368 e. The number of alkyl halides is 1. The summed E-state index contributed by atoms with van der Waals surface area (Å²) in [6.07, 6.45) is 3.66. The summed E-state index contributed by atoms with van der Waals surface area (Å²) in [6.45, 7) is 3.11. The van der Waals surface area contributed by atoms with Gasteiger partial charge in [-0.3, -0.25) is 4.79 Å². The van der Waals surface area contributed by atoms with Crippen LogP contribution in [0.3, 0.4) is 0 Å². The molecule has 3 rings (SSSR count). The molecule has 114 valence electrons. The summed E-state index contributed by atoms with van der Waals surface area (Å²) in [5.74, 6) is -0.317. The van der Waals surface area contributed by atoms with Crippen molar-refractivity contribution in [2.24, 2.45) is 5.73 Å². The molecule has 1 unspecified atom stereocenters. The molecule has 0 bridgehead atoms. The van der Waals surface area contributed by atoms with E-state index in [-0.39, 0.29) is 11.9 Å². The van der Waals surface area contributed by atoms with E-state index in [1.54, 1.807) is 0 Å². The molecule has 0 fully saturated rings. The van der Waals surface area contributed by atoms with E-state index in [0.29, 0.717) is 0 Å². The molecule has 4 heteroatoms. The summed E-state index contributed by atoms with van der Waals surface area (Å²) >= 11 is 3.52. The van der Waals surface area contributed by atoms with Crippen LogP contribution in [0.4, 0.5) is 0 Å². The Morgan fingerprint density at radius 1 is 1.27 bits per heavy atom. The number of amides is 1. The van der Waals surface area contributed by atoms with Crippen molar-refractivity contribution < 1.29 is 9.37 Å². The number of hydrogen-bond acceptors (Lipinski definition) is 1. The molecule has 1 aliphatic heterocycles. The average molecular weight is 360 g/mol. The van der Waals surface area contributed by atoms with Gasteiger partial charge in [0.15, 0.2) is 16.6 Å². The van der Waals surface area contributed by atoms with Crippen LogP contribution in [-0.2, 0) is 4.79 Å². The molecule has 1 aliphatic rings. The van der Waals surface area contributed by atoms with Gasteiger partial charge in [-0.25, -0.2) is 4.58 Å². The van der Waals surface area contributed by atoms with Gasteiger partial charge < -0.3 is 5.73 Å². The van der Waals surface area contributed by atoms with Gasteiger partial charge in [0, 0.05) is 18.9 Å². The van der Waals surface area contributed by atoms with Crippen LogP contribution in [0.5, 0.6) is 0 Å². The van der Waals surface area contributed by atoms with Gasteiger partial charge >= 0.3 is 0 Å². The Kier molecular flexibility index (Phi) is 4.04. The molecule has 2 aromatic carbocycles. The Balaban J connectivity index is 2.04. The molecule has 3 nitrogen and oxygen atoms in total. The quantitative estimate of drug-likeness (QED) is 0.662. The van der Waals surface area contributed by atoms with Crippen LogP contribution in [0.2, 0.25) is 0 Å². The van der Waals surface area contributed by atoms with Gasteiger partial charge in [0.25, 0.3) is 0 Å². The van der Waals surface area contributed by atoms with E-state index in [1.165, 1.54) is 16.3 Å². The molecule has 0 saturated carbocycles. The minimum absolute atomic E-state index is 0.197. The molecule has 0 aromatic heterocycles. The monoisotopic (exact) mass is 359 g/mol. The van der Waals surface area contributed by atoms with Crippen LogP contribution >= 0.6 is 15.9 Å². The highest BCUT2D eigenvalue weighted by Gasteiger charge is 2.40. The normalized spacial score (nSPS) is 23.1. The Morgan fingerprint density at radius 3 is 2.77 bits per heavy atom. The van der Waals surface area contributed by atoms with Crippen LogP contribution in [0.25, 0.3) is 10.8 Å². The molecule has 1 amide bonds. The van der Waals surface area contributed by atoms with Crippen LogP contribution in [0.1, 0.15) is 31.4 Å². The van der Waals surface area contributed by atoms with Crippen molar-refractivity contribution in [2.45, 2.75) is 30.1 Å². The maximum Gasteiger partial charge on any atom is 0.244 e. The average Bonchev–Trinajstić information content (AvgIpc) is 2.53. The number of carbonyl (C=O) groups excluding carboxylic acids is 1. The summed E-state index contributed by atoms with van der Waals surface area (Å²) in [4.78, 5) is 11.7. The third kappa shape index (κ3) is 2.68. The number of rotatable bonds is 3. The van der Waals surface area contributed by atoms with Crippen LogP contribution in [-0.4, -0.2) is 27.6 Å². The van der Waals surface area contributed by atoms with Crippen LogP contribution in [0.15, 0.2) is 42.5 Å². The number of halogens is 1. The van der Waals surface area contributed by atoms with Crippen molar-refractivity contribution in [3.8, 4) is 0 Å². The molecular formula is C18H20BrN2O+. The van der Waals surface area contributed by atoms with E-state index in [0.717, 1.165) is 19.4 Å². The largest absolute Gasteiger partial charge is 0.368 e. The zero-order valence-corrected chi connectivity index (χ0v) is 14.2.